The van der Waals surface area contributed by atoms with Crippen molar-refractivity contribution in [3.05, 3.63) is 58.0 Å². The molecule has 2 heterocycles. The van der Waals surface area contributed by atoms with E-state index in [1.807, 2.05) is 27.8 Å². The van der Waals surface area contributed by atoms with E-state index in [1.165, 1.54) is 23.5 Å². The van der Waals surface area contributed by atoms with Gasteiger partial charge in [-0.15, -0.1) is 0 Å². The third kappa shape index (κ3) is 3.70. The Morgan fingerprint density at radius 2 is 1.89 bits per heavy atom. The van der Waals surface area contributed by atoms with Crippen molar-refractivity contribution < 1.29 is 14.0 Å². The Bertz CT molecular complexity index is 838. The van der Waals surface area contributed by atoms with Crippen molar-refractivity contribution in [2.75, 3.05) is 13.1 Å². The summed E-state index contributed by atoms with van der Waals surface area (Å²) in [6.45, 7) is 1.26. The molecule has 148 valence electrons. The molecule has 0 radical (unpaired) electrons. The summed E-state index contributed by atoms with van der Waals surface area (Å²) in [5.41, 5.74) is 0.914. The number of likely N-dealkylation sites (tertiary alicyclic amines) is 1. The van der Waals surface area contributed by atoms with Crippen LogP contribution in [-0.4, -0.2) is 35.8 Å². The van der Waals surface area contributed by atoms with Crippen molar-refractivity contribution >= 4 is 23.2 Å². The van der Waals surface area contributed by atoms with Crippen LogP contribution >= 0.6 is 11.3 Å². The fraction of sp³-hybridized carbons (Fsp3) is 0.455. The summed E-state index contributed by atoms with van der Waals surface area (Å²) in [4.78, 5) is 27.6. The van der Waals surface area contributed by atoms with Gasteiger partial charge >= 0.3 is 0 Å². The SMILES string of the molecule is O=C(NC1CCN(C(=O)C2(c3cccc(F)c3)CCCC2)CC1)c1ccsc1. The molecule has 6 heteroatoms. The van der Waals surface area contributed by atoms with Crippen LogP contribution < -0.4 is 5.32 Å². The monoisotopic (exact) mass is 400 g/mol. The highest BCUT2D eigenvalue weighted by molar-refractivity contribution is 7.08. The lowest BCUT2D eigenvalue weighted by Gasteiger charge is -2.39. The highest BCUT2D eigenvalue weighted by Gasteiger charge is 2.45. The Labute approximate surface area is 168 Å². The Morgan fingerprint density at radius 1 is 1.14 bits per heavy atom. The second kappa shape index (κ2) is 8.03. The van der Waals surface area contributed by atoms with E-state index in [9.17, 15) is 14.0 Å². The summed E-state index contributed by atoms with van der Waals surface area (Å²) < 4.78 is 13.8. The summed E-state index contributed by atoms with van der Waals surface area (Å²) in [5.74, 6) is -0.206. The molecule has 28 heavy (non-hydrogen) atoms. The molecule has 1 aromatic heterocycles. The molecular formula is C22H25FN2O2S. The first kappa shape index (κ1) is 19.1. The molecule has 0 unspecified atom stereocenters. The number of rotatable bonds is 4. The van der Waals surface area contributed by atoms with Gasteiger partial charge < -0.3 is 10.2 Å². The average molecular weight is 401 g/mol. The van der Waals surface area contributed by atoms with E-state index in [2.05, 4.69) is 5.32 Å². The highest BCUT2D eigenvalue weighted by Crippen LogP contribution is 2.43. The maximum absolute atomic E-state index is 13.8. The molecule has 2 aromatic rings. The van der Waals surface area contributed by atoms with Crippen molar-refractivity contribution in [1.29, 1.82) is 0 Å². The van der Waals surface area contributed by atoms with Crippen molar-refractivity contribution in [2.45, 2.75) is 50.0 Å². The van der Waals surface area contributed by atoms with Gasteiger partial charge in [0.05, 0.1) is 5.41 Å². The largest absolute Gasteiger partial charge is 0.349 e. The lowest BCUT2D eigenvalue weighted by molar-refractivity contribution is -0.138. The third-order valence-electron chi connectivity index (χ3n) is 6.14. The van der Waals surface area contributed by atoms with Crippen molar-refractivity contribution in [2.24, 2.45) is 0 Å². The third-order valence-corrected chi connectivity index (χ3v) is 6.83. The van der Waals surface area contributed by atoms with Gasteiger partial charge in [0.1, 0.15) is 5.82 Å². The first-order valence-electron chi connectivity index (χ1n) is 9.97. The second-order valence-electron chi connectivity index (χ2n) is 7.85. The molecule has 1 saturated carbocycles. The zero-order valence-electron chi connectivity index (χ0n) is 15.8. The summed E-state index contributed by atoms with van der Waals surface area (Å²) in [7, 11) is 0. The molecule has 0 bridgehead atoms. The molecule has 4 nitrogen and oxygen atoms in total. The van der Waals surface area contributed by atoms with Crippen LogP contribution in [0.3, 0.4) is 0 Å². The zero-order valence-corrected chi connectivity index (χ0v) is 16.6. The Hall–Kier alpha value is -2.21. The van der Waals surface area contributed by atoms with Crippen molar-refractivity contribution in [3.63, 3.8) is 0 Å². The minimum absolute atomic E-state index is 0.0435. The fourth-order valence-electron chi connectivity index (χ4n) is 4.58. The first-order valence-corrected chi connectivity index (χ1v) is 10.9. The number of hydrogen-bond donors (Lipinski definition) is 1. The normalized spacial score (nSPS) is 19.5. The summed E-state index contributed by atoms with van der Waals surface area (Å²) in [6.07, 6.45) is 5.06. The van der Waals surface area contributed by atoms with Crippen LogP contribution in [-0.2, 0) is 10.2 Å². The second-order valence-corrected chi connectivity index (χ2v) is 8.63. The van der Waals surface area contributed by atoms with E-state index in [0.717, 1.165) is 44.1 Å². The Kier molecular flexibility index (Phi) is 5.49. The topological polar surface area (TPSA) is 49.4 Å². The fourth-order valence-corrected chi connectivity index (χ4v) is 5.22. The van der Waals surface area contributed by atoms with Crippen LogP contribution in [0.5, 0.6) is 0 Å². The highest BCUT2D eigenvalue weighted by atomic mass is 32.1. The van der Waals surface area contributed by atoms with Gasteiger partial charge in [-0.3, -0.25) is 9.59 Å². The molecule has 2 fully saturated rings. The minimum atomic E-state index is -0.588. The molecule has 1 aromatic carbocycles. The molecular weight excluding hydrogens is 375 g/mol. The van der Waals surface area contributed by atoms with Gasteiger partial charge in [-0.05, 0) is 54.8 Å². The number of nitrogens with one attached hydrogen (secondary N) is 1. The number of hydrogen-bond acceptors (Lipinski definition) is 3. The number of carbonyl (C=O) groups excluding carboxylic acids is 2. The van der Waals surface area contributed by atoms with Crippen molar-refractivity contribution in [3.8, 4) is 0 Å². The lowest BCUT2D eigenvalue weighted by atomic mass is 9.77. The molecule has 2 amide bonds. The predicted molar refractivity (Wildman–Crippen MR) is 108 cm³/mol. The zero-order chi connectivity index (χ0) is 19.6. The number of thiophene rings is 1. The van der Waals surface area contributed by atoms with Gasteiger partial charge in [-0.2, -0.15) is 11.3 Å². The summed E-state index contributed by atoms with van der Waals surface area (Å²) in [6, 6.07) is 8.45. The van der Waals surface area contributed by atoms with E-state index in [4.69, 9.17) is 0 Å². The minimum Gasteiger partial charge on any atom is -0.349 e. The van der Waals surface area contributed by atoms with E-state index < -0.39 is 5.41 Å². The van der Waals surface area contributed by atoms with Crippen LogP contribution in [0.4, 0.5) is 4.39 Å². The maximum atomic E-state index is 13.8. The van der Waals surface area contributed by atoms with Crippen LogP contribution in [0.15, 0.2) is 41.1 Å². The summed E-state index contributed by atoms with van der Waals surface area (Å²) in [5, 5.41) is 6.82. The molecule has 4 rings (SSSR count). The Morgan fingerprint density at radius 3 is 2.54 bits per heavy atom. The van der Waals surface area contributed by atoms with Gasteiger partial charge in [0.25, 0.3) is 5.91 Å². The van der Waals surface area contributed by atoms with Crippen LogP contribution in [0, 0.1) is 5.82 Å². The van der Waals surface area contributed by atoms with E-state index in [0.29, 0.717) is 18.7 Å². The van der Waals surface area contributed by atoms with Gasteiger partial charge in [-0.25, -0.2) is 4.39 Å². The quantitative estimate of drug-likeness (QED) is 0.839. The molecule has 2 aliphatic rings. The number of nitrogens with zero attached hydrogens (tertiary/aromatic N) is 1. The van der Waals surface area contributed by atoms with Crippen LogP contribution in [0.1, 0.15) is 54.4 Å². The lowest BCUT2D eigenvalue weighted by Crippen LogP contribution is -2.51. The molecule has 0 spiro atoms. The average Bonchev–Trinajstić information content (AvgIpc) is 3.41. The van der Waals surface area contributed by atoms with Crippen LogP contribution in [0.2, 0.25) is 0 Å². The number of halogens is 1. The smallest absolute Gasteiger partial charge is 0.252 e. The maximum Gasteiger partial charge on any atom is 0.252 e. The number of benzene rings is 1. The van der Waals surface area contributed by atoms with E-state index in [-0.39, 0.29) is 23.7 Å². The predicted octanol–water partition coefficient (Wildman–Crippen LogP) is 4.12. The Balaban J connectivity index is 1.42. The standard InChI is InChI=1S/C22H25FN2O2S/c23-18-5-3-4-17(14-18)22(9-1-2-10-22)21(27)25-11-6-19(7-12-25)24-20(26)16-8-13-28-15-16/h3-5,8,13-15,19H,1-2,6-7,9-12H2,(H,24,26). The number of amides is 2. The number of piperidine rings is 1. The van der Waals surface area contributed by atoms with E-state index >= 15 is 0 Å². The molecule has 1 aliphatic heterocycles. The summed E-state index contributed by atoms with van der Waals surface area (Å²) >= 11 is 1.51. The van der Waals surface area contributed by atoms with Gasteiger partial charge in [0.15, 0.2) is 0 Å². The van der Waals surface area contributed by atoms with Gasteiger partial charge in [-0.1, -0.05) is 25.0 Å². The van der Waals surface area contributed by atoms with Crippen molar-refractivity contribution in [1.82, 2.24) is 10.2 Å². The van der Waals surface area contributed by atoms with E-state index in [1.54, 1.807) is 6.07 Å². The molecule has 1 N–H and O–H groups in total. The molecule has 1 aliphatic carbocycles. The first-order chi connectivity index (χ1) is 13.6. The van der Waals surface area contributed by atoms with Crippen LogP contribution in [0.25, 0.3) is 0 Å². The van der Waals surface area contributed by atoms with Gasteiger partial charge in [0, 0.05) is 30.1 Å². The molecule has 0 atom stereocenters. The molecule has 1 saturated heterocycles. The van der Waals surface area contributed by atoms with Gasteiger partial charge in [0.2, 0.25) is 5.91 Å². The number of carbonyl (C=O) groups is 2.